The molecule has 0 fully saturated rings. The first-order valence-corrected chi connectivity index (χ1v) is 18.2. The Labute approximate surface area is 365 Å². The van der Waals surface area contributed by atoms with Gasteiger partial charge in [-0.2, -0.15) is 11.1 Å². The van der Waals surface area contributed by atoms with Crippen molar-refractivity contribution in [1.29, 1.82) is 0 Å². The van der Waals surface area contributed by atoms with Crippen LogP contribution in [0.3, 0.4) is 0 Å². The summed E-state index contributed by atoms with van der Waals surface area (Å²) < 4.78 is 22.5. The van der Waals surface area contributed by atoms with Crippen molar-refractivity contribution in [2.75, 3.05) is 39.5 Å². The summed E-state index contributed by atoms with van der Waals surface area (Å²) in [7, 11) is 0. The zero-order valence-electron chi connectivity index (χ0n) is 30.5. The van der Waals surface area contributed by atoms with E-state index >= 15 is 0 Å². The van der Waals surface area contributed by atoms with E-state index in [4.69, 9.17) is 24.7 Å². The number of nitrogens with one attached hydrogen (secondary N) is 1. The number of aldehydes is 1. The molecule has 3 N–H and O–H groups in total. The van der Waals surface area contributed by atoms with Gasteiger partial charge in [0.05, 0.1) is 13.2 Å². The second-order valence-corrected chi connectivity index (χ2v) is 12.8. The first-order chi connectivity index (χ1) is 25.2. The molecule has 2 aliphatic carbocycles. The van der Waals surface area contributed by atoms with Gasteiger partial charge in [0.1, 0.15) is 19.5 Å². The number of carbonyl (C=O) groups excluding carboxylic acids is 1. The Morgan fingerprint density at radius 2 is 1.26 bits per heavy atom. The van der Waals surface area contributed by atoms with Crippen LogP contribution in [-0.2, 0) is 84.8 Å². The third kappa shape index (κ3) is 12.7. The molecular weight excluding hydrogens is 814 g/mol. The van der Waals surface area contributed by atoms with Crippen molar-refractivity contribution in [2.45, 2.75) is 57.9 Å². The number of benzene rings is 4. The van der Waals surface area contributed by atoms with Gasteiger partial charge in [-0.3, -0.25) is 16.9 Å². The summed E-state index contributed by atoms with van der Waals surface area (Å²) in [6, 6.07) is 28.6. The first kappa shape index (κ1) is 43.1. The number of ether oxygens (including phenoxy) is 4. The van der Waals surface area contributed by atoms with Crippen molar-refractivity contribution < 1.29 is 89.2 Å². The van der Waals surface area contributed by atoms with Gasteiger partial charge in [-0.05, 0) is 17.7 Å². The minimum atomic E-state index is 0. The van der Waals surface area contributed by atoms with Gasteiger partial charge in [0.25, 0.3) is 0 Å². The number of nitrogens with two attached hydrogens (primary N) is 1. The summed E-state index contributed by atoms with van der Waals surface area (Å²) in [5.74, 6) is 3.51. The summed E-state index contributed by atoms with van der Waals surface area (Å²) in [5.41, 5.74) is 15.0. The molecule has 4 aliphatic rings. The fourth-order valence-electron chi connectivity index (χ4n) is 6.58. The molecule has 8 rings (SSSR count). The molecule has 0 amide bonds. The van der Waals surface area contributed by atoms with Crippen LogP contribution in [0.5, 0.6) is 23.0 Å². The van der Waals surface area contributed by atoms with E-state index in [0.717, 1.165) is 105 Å². The van der Waals surface area contributed by atoms with Crippen molar-refractivity contribution in [1.82, 2.24) is 5.32 Å². The van der Waals surface area contributed by atoms with E-state index in [2.05, 4.69) is 53.9 Å². The van der Waals surface area contributed by atoms with E-state index in [-0.39, 0.29) is 65.4 Å². The average Bonchev–Trinajstić information content (AvgIpc) is 4.02. The Hall–Kier alpha value is -2.64. The van der Waals surface area contributed by atoms with Gasteiger partial charge in [0.2, 0.25) is 0 Å². The summed E-state index contributed by atoms with van der Waals surface area (Å²) in [5, 5.41) is 3.46. The van der Waals surface area contributed by atoms with Crippen LogP contribution in [0, 0.1) is 12.2 Å². The summed E-state index contributed by atoms with van der Waals surface area (Å²) in [6.07, 6.45) is 16.5. The van der Waals surface area contributed by atoms with E-state index < -0.39 is 0 Å². The van der Waals surface area contributed by atoms with Gasteiger partial charge < -0.3 is 30.0 Å². The minimum absolute atomic E-state index is 0. The van der Waals surface area contributed by atoms with Gasteiger partial charge in [0.15, 0.2) is 23.0 Å². The second-order valence-electron chi connectivity index (χ2n) is 12.8. The van der Waals surface area contributed by atoms with Gasteiger partial charge in [-0.1, -0.05) is 79.8 Å². The van der Waals surface area contributed by atoms with E-state index in [1.807, 2.05) is 48.5 Å². The number of allylic oxidation sites excluding steroid dienone is 4. The van der Waals surface area contributed by atoms with Gasteiger partial charge in [-0.15, -0.1) is 37.1 Å². The molecule has 0 spiro atoms. The molecule has 2 radical (unpaired) electrons. The predicted molar refractivity (Wildman–Crippen MR) is 202 cm³/mol. The van der Waals surface area contributed by atoms with Crippen LogP contribution in [0.15, 0.2) is 84.9 Å². The normalized spacial score (nSPS) is 14.5. The Morgan fingerprint density at radius 1 is 0.698 bits per heavy atom. The monoisotopic (exact) mass is 862 g/mol. The molecule has 0 saturated heterocycles. The molecule has 2 heterocycles. The van der Waals surface area contributed by atoms with Crippen molar-refractivity contribution in [3.63, 3.8) is 0 Å². The van der Waals surface area contributed by atoms with Crippen LogP contribution in [0.4, 0.5) is 0 Å². The third-order valence-electron chi connectivity index (χ3n) is 9.13. The van der Waals surface area contributed by atoms with Crippen molar-refractivity contribution >= 4 is 17.4 Å². The number of carbonyl (C=O) groups is 1. The molecule has 0 atom stereocenters. The number of hydrogen-bond donors (Lipinski definition) is 2. The fourth-order valence-corrected chi connectivity index (χ4v) is 6.58. The quantitative estimate of drug-likeness (QED) is 0.0849. The summed E-state index contributed by atoms with van der Waals surface area (Å²) in [4.78, 5) is 10.5. The Balaban J connectivity index is 0.000000190. The molecule has 2 aliphatic heterocycles. The van der Waals surface area contributed by atoms with Crippen LogP contribution in [0.25, 0.3) is 11.1 Å². The first-order valence-electron chi connectivity index (χ1n) is 18.2. The zero-order valence-corrected chi connectivity index (χ0v) is 36.2. The average molecular weight is 863 g/mol. The molecular formula is C44H48N2O5Y2-2. The number of hydrogen-bond acceptors (Lipinski definition) is 7. The topological polar surface area (TPSA) is 92.0 Å². The van der Waals surface area contributed by atoms with Gasteiger partial charge >= 0.3 is 0 Å². The molecule has 53 heavy (non-hydrogen) atoms. The van der Waals surface area contributed by atoms with E-state index in [9.17, 15) is 4.79 Å². The molecule has 0 saturated carbocycles. The van der Waals surface area contributed by atoms with Crippen LogP contribution in [-0.4, -0.2) is 45.8 Å². The maximum absolute atomic E-state index is 10.5. The van der Waals surface area contributed by atoms with Crippen LogP contribution in [0.2, 0.25) is 0 Å². The molecule has 7 nitrogen and oxygen atoms in total. The zero-order chi connectivity index (χ0) is 35.1. The standard InChI is InChI=1S/C22H24NO2.C12H11O.C10H13NO2.2Y/c1-2-7-18(6-1)20-9-3-5-17(15-20)16-23-12-14-24-21-10-4-8-19-11-13-25-22(19)21;13-9-10-4-3-7-12(8-10)11-5-1-2-6-11;11-5-7-12-9-3-1-2-8-4-6-13-10(8)9;;/h3-5,8-10,15,23H,1-2,6,11-14,16H2;3-4,7-9H,1-2,5H2;1-3H,4-7,11H2;;/q2*-1;;;. The van der Waals surface area contributed by atoms with Crippen molar-refractivity contribution in [3.8, 4) is 23.0 Å². The molecule has 272 valence electrons. The Kier molecular flexibility index (Phi) is 19.0. The Bertz CT molecular complexity index is 1830. The minimum Gasteiger partial charge on any atom is -0.489 e. The molecule has 0 aromatic heterocycles. The molecule has 4 aromatic carbocycles. The molecule has 0 unspecified atom stereocenters. The van der Waals surface area contributed by atoms with Gasteiger partial charge in [0, 0.05) is 109 Å². The van der Waals surface area contributed by atoms with Crippen LogP contribution < -0.4 is 30.0 Å². The number of rotatable bonds is 12. The van der Waals surface area contributed by atoms with Crippen LogP contribution >= 0.6 is 0 Å². The van der Waals surface area contributed by atoms with Crippen molar-refractivity contribution in [3.05, 3.63) is 130 Å². The van der Waals surface area contributed by atoms with Crippen LogP contribution in [0.1, 0.15) is 76.7 Å². The van der Waals surface area contributed by atoms with E-state index in [0.29, 0.717) is 19.8 Å². The smallest absolute Gasteiger partial charge is 0.164 e. The predicted octanol–water partition coefficient (Wildman–Crippen LogP) is 7.98. The fraction of sp³-hybridized carbons (Fsp3) is 0.341. The Morgan fingerprint density at radius 3 is 1.83 bits per heavy atom. The molecule has 4 aromatic rings. The van der Waals surface area contributed by atoms with E-state index in [1.165, 1.54) is 46.2 Å². The number of para-hydroxylation sites is 2. The maximum atomic E-state index is 10.5. The van der Waals surface area contributed by atoms with Crippen molar-refractivity contribution in [2.24, 2.45) is 5.73 Å². The maximum Gasteiger partial charge on any atom is 0.164 e. The second kappa shape index (κ2) is 23.3. The molecule has 9 heteroatoms. The third-order valence-corrected chi connectivity index (χ3v) is 9.13. The molecule has 0 bridgehead atoms. The largest absolute Gasteiger partial charge is 0.489 e. The van der Waals surface area contributed by atoms with Gasteiger partial charge in [-0.25, -0.2) is 11.1 Å². The SMILES string of the molecule is NCCOc1cccc2c1OCC2.O=Cc1cccc(C2=[C-]CCC2)c1.[C-]1=C(c2cccc(CNCCOc3cccc4c3OCC4)c2)CCC1.[Y].[Y]. The van der Waals surface area contributed by atoms with E-state index in [1.54, 1.807) is 0 Å². The number of fused-ring (bicyclic) bond motifs is 2. The summed E-state index contributed by atoms with van der Waals surface area (Å²) in [6.45, 7) is 4.90. The summed E-state index contributed by atoms with van der Waals surface area (Å²) >= 11 is 0.